The summed E-state index contributed by atoms with van der Waals surface area (Å²) in [5, 5.41) is 20.6. The third-order valence-corrected chi connectivity index (χ3v) is 3.07. The molecule has 0 bridgehead atoms. The van der Waals surface area contributed by atoms with Crippen LogP contribution in [0.4, 0.5) is 0 Å². The zero-order chi connectivity index (χ0) is 7.78. The van der Waals surface area contributed by atoms with Gasteiger partial charge in [-0.05, 0) is 0 Å². The minimum Gasteiger partial charge on any atom is -0.633 e. The van der Waals surface area contributed by atoms with Crippen molar-refractivity contribution < 1.29 is 9.75 Å². The van der Waals surface area contributed by atoms with Crippen molar-refractivity contribution in [3.05, 3.63) is 5.21 Å². The first-order chi connectivity index (χ1) is 4.55. The normalized spacial score (nSPS) is 48.0. The van der Waals surface area contributed by atoms with E-state index in [0.717, 1.165) is 4.43 Å². The molecule has 1 aliphatic heterocycles. The number of nitrogens with zero attached hydrogens (tertiary/aromatic N) is 1. The molecule has 3 atom stereocenters. The molecule has 0 aromatic carbocycles. The van der Waals surface area contributed by atoms with E-state index in [2.05, 4.69) is 22.6 Å². The summed E-state index contributed by atoms with van der Waals surface area (Å²) in [6.45, 7) is 0.942. The van der Waals surface area contributed by atoms with E-state index in [4.69, 9.17) is 0 Å². The maximum absolute atomic E-state index is 11.3. The molecule has 3 nitrogen and oxygen atoms in total. The van der Waals surface area contributed by atoms with Crippen LogP contribution in [0.25, 0.3) is 0 Å². The van der Waals surface area contributed by atoms with Gasteiger partial charge >= 0.3 is 0 Å². The van der Waals surface area contributed by atoms with Crippen LogP contribution in [0.3, 0.4) is 0 Å². The van der Waals surface area contributed by atoms with E-state index < -0.39 is 0 Å². The van der Waals surface area contributed by atoms with Gasteiger partial charge in [-0.2, -0.15) is 0 Å². The Morgan fingerprint density at radius 1 is 1.70 bits per heavy atom. The second-order valence-electron chi connectivity index (χ2n) is 3.14. The van der Waals surface area contributed by atoms with E-state index >= 15 is 0 Å². The lowest BCUT2D eigenvalue weighted by Crippen LogP contribution is -2.35. The molecular weight excluding hydrogens is 245 g/mol. The molecule has 1 unspecified atom stereocenters. The Morgan fingerprint density at radius 2 is 2.30 bits per heavy atom. The summed E-state index contributed by atoms with van der Waals surface area (Å²) in [5.74, 6) is 0.211. The fraction of sp³-hybridized carbons (Fsp3) is 1.00. The summed E-state index contributed by atoms with van der Waals surface area (Å²) < 4.78 is 0.615. The van der Waals surface area contributed by atoms with Crippen molar-refractivity contribution >= 4 is 22.6 Å². The number of quaternary nitrogens is 1. The van der Waals surface area contributed by atoms with E-state index in [1.807, 2.05) is 0 Å². The monoisotopic (exact) mass is 257 g/mol. The van der Waals surface area contributed by atoms with E-state index in [1.54, 1.807) is 7.05 Å². The maximum atomic E-state index is 11.3. The number of aliphatic hydroxyl groups is 1. The van der Waals surface area contributed by atoms with Gasteiger partial charge in [0.05, 0.1) is 13.6 Å². The largest absolute Gasteiger partial charge is 0.633 e. The first kappa shape index (κ1) is 8.70. The zero-order valence-corrected chi connectivity index (χ0v) is 8.11. The minimum absolute atomic E-state index is 0.211. The van der Waals surface area contributed by atoms with E-state index in [1.165, 1.54) is 0 Å². The molecule has 4 heteroatoms. The van der Waals surface area contributed by atoms with Crippen LogP contribution in [0.5, 0.6) is 0 Å². The number of aliphatic hydroxyl groups excluding tert-OH is 1. The lowest BCUT2D eigenvalue weighted by molar-refractivity contribution is -0.850. The van der Waals surface area contributed by atoms with Crippen molar-refractivity contribution in [3.63, 3.8) is 0 Å². The molecule has 0 spiro atoms. The van der Waals surface area contributed by atoms with E-state index in [9.17, 15) is 10.3 Å². The molecule has 1 saturated heterocycles. The number of alkyl halides is 1. The minimum atomic E-state index is -0.376. The van der Waals surface area contributed by atoms with Crippen molar-refractivity contribution in [2.75, 3.05) is 24.6 Å². The average Bonchev–Trinajstić information content (AvgIpc) is 2.05. The third kappa shape index (κ3) is 1.81. The van der Waals surface area contributed by atoms with Crippen LogP contribution in [-0.2, 0) is 0 Å². The molecule has 1 rings (SSSR count). The first-order valence-electron chi connectivity index (χ1n) is 3.35. The van der Waals surface area contributed by atoms with Crippen LogP contribution in [0, 0.1) is 11.1 Å². The zero-order valence-electron chi connectivity index (χ0n) is 5.96. The predicted octanol–water partition coefficient (Wildman–Crippen LogP) is 0.356. The van der Waals surface area contributed by atoms with Gasteiger partial charge in [0.2, 0.25) is 0 Å². The summed E-state index contributed by atoms with van der Waals surface area (Å²) in [7, 11) is 1.62. The number of rotatable bonds is 1. The molecule has 0 aliphatic carbocycles. The number of likely N-dealkylation sites (tertiary alicyclic amines) is 1. The Morgan fingerprint density at radius 3 is 2.50 bits per heavy atom. The lowest BCUT2D eigenvalue weighted by atomic mass is 10.1. The number of hydroxylamine groups is 3. The Hall–Kier alpha value is 0.610. The summed E-state index contributed by atoms with van der Waals surface area (Å²) >= 11 is 2.21. The first-order valence-corrected chi connectivity index (χ1v) is 4.87. The van der Waals surface area contributed by atoms with Gasteiger partial charge in [0, 0.05) is 10.3 Å². The molecule has 0 amide bonds. The standard InChI is InChI=1S/C6H12INO2/c1-8(10)3-5(2-7)6(9)4-8/h5-6,9H,2-4H2,1H3/t5-,6+,8?/m1/s1. The molecule has 1 aliphatic rings. The third-order valence-electron chi connectivity index (χ3n) is 1.94. The van der Waals surface area contributed by atoms with Crippen LogP contribution < -0.4 is 0 Å². The van der Waals surface area contributed by atoms with Gasteiger partial charge in [-0.3, -0.25) is 0 Å². The molecule has 1 heterocycles. The van der Waals surface area contributed by atoms with Gasteiger partial charge < -0.3 is 15.0 Å². The van der Waals surface area contributed by atoms with Gasteiger partial charge in [0.25, 0.3) is 0 Å². The highest BCUT2D eigenvalue weighted by molar-refractivity contribution is 14.1. The quantitative estimate of drug-likeness (QED) is 0.319. The topological polar surface area (TPSA) is 43.3 Å². The highest BCUT2D eigenvalue weighted by Gasteiger charge is 2.35. The summed E-state index contributed by atoms with van der Waals surface area (Å²) in [4.78, 5) is 0. The smallest absolute Gasteiger partial charge is 0.112 e. The van der Waals surface area contributed by atoms with Crippen LogP contribution in [0.1, 0.15) is 0 Å². The predicted molar refractivity (Wildman–Crippen MR) is 47.7 cm³/mol. The summed E-state index contributed by atoms with van der Waals surface area (Å²) in [6, 6.07) is 0. The lowest BCUT2D eigenvalue weighted by Gasteiger charge is -2.33. The molecule has 60 valence electrons. The van der Waals surface area contributed by atoms with Crippen molar-refractivity contribution in [2.24, 2.45) is 5.92 Å². The molecule has 0 aromatic heterocycles. The molecular formula is C6H12INO2. The SMILES string of the molecule is C[N+]1([O-])C[C@@H](CI)[C@@H](O)C1. The Bertz CT molecular complexity index is 129. The number of halogens is 1. The van der Waals surface area contributed by atoms with Gasteiger partial charge in [0.1, 0.15) is 12.6 Å². The van der Waals surface area contributed by atoms with Gasteiger partial charge in [-0.25, -0.2) is 0 Å². The summed E-state index contributed by atoms with van der Waals surface area (Å²) in [5.41, 5.74) is 0. The van der Waals surface area contributed by atoms with Gasteiger partial charge in [-0.15, -0.1) is 0 Å². The van der Waals surface area contributed by atoms with Gasteiger partial charge in [0.15, 0.2) is 0 Å². The van der Waals surface area contributed by atoms with Crippen molar-refractivity contribution in [2.45, 2.75) is 6.10 Å². The maximum Gasteiger partial charge on any atom is 0.112 e. The van der Waals surface area contributed by atoms with E-state index in [-0.39, 0.29) is 16.7 Å². The summed E-state index contributed by atoms with van der Waals surface area (Å²) in [6.07, 6.45) is -0.376. The Balaban J connectivity index is 2.52. The number of hydrogen-bond acceptors (Lipinski definition) is 2. The molecule has 1 fully saturated rings. The van der Waals surface area contributed by atoms with Crippen molar-refractivity contribution in [1.82, 2.24) is 0 Å². The highest BCUT2D eigenvalue weighted by Crippen LogP contribution is 2.23. The highest BCUT2D eigenvalue weighted by atomic mass is 127. The second-order valence-corrected chi connectivity index (χ2v) is 4.02. The number of likely N-dealkylation sites (N-methyl/N-ethyl adjacent to an activating group) is 1. The van der Waals surface area contributed by atoms with Crippen molar-refractivity contribution in [3.8, 4) is 0 Å². The average molecular weight is 257 g/mol. The Labute approximate surface area is 74.3 Å². The molecule has 0 aromatic rings. The van der Waals surface area contributed by atoms with E-state index in [0.29, 0.717) is 13.1 Å². The van der Waals surface area contributed by atoms with Crippen molar-refractivity contribution in [1.29, 1.82) is 0 Å². The van der Waals surface area contributed by atoms with Crippen LogP contribution in [-0.4, -0.2) is 40.4 Å². The number of hydrogen-bond donors (Lipinski definition) is 1. The van der Waals surface area contributed by atoms with Crippen LogP contribution >= 0.6 is 22.6 Å². The second kappa shape index (κ2) is 2.92. The van der Waals surface area contributed by atoms with Gasteiger partial charge in [-0.1, -0.05) is 22.6 Å². The Kier molecular flexibility index (Phi) is 2.54. The van der Waals surface area contributed by atoms with Crippen LogP contribution in [0.2, 0.25) is 0 Å². The molecule has 0 radical (unpaired) electrons. The molecule has 0 saturated carbocycles. The fourth-order valence-electron chi connectivity index (χ4n) is 1.39. The van der Waals surface area contributed by atoms with Crippen LogP contribution in [0.15, 0.2) is 0 Å². The fourth-order valence-corrected chi connectivity index (χ4v) is 2.25. The molecule has 1 N–H and O–H groups in total. The molecule has 10 heavy (non-hydrogen) atoms.